The summed E-state index contributed by atoms with van der Waals surface area (Å²) in [4.78, 5) is 28.7. The lowest BCUT2D eigenvalue weighted by Crippen LogP contribution is -2.29. The minimum atomic E-state index is -0.441. The number of aromatic nitrogens is 1. The van der Waals surface area contributed by atoms with Crippen molar-refractivity contribution in [1.29, 1.82) is 0 Å². The third-order valence-electron chi connectivity index (χ3n) is 3.66. The number of nitro benzene ring substituents is 1. The zero-order valence-corrected chi connectivity index (χ0v) is 13.9. The van der Waals surface area contributed by atoms with E-state index in [1.165, 1.54) is 23.9 Å². The van der Waals surface area contributed by atoms with E-state index in [9.17, 15) is 14.9 Å². The maximum Gasteiger partial charge on any atom is 0.269 e. The molecular weight excluding hydrogens is 314 g/mol. The van der Waals surface area contributed by atoms with E-state index in [1.54, 1.807) is 42.4 Å². The number of hydrogen-bond donors (Lipinski definition) is 0. The summed E-state index contributed by atoms with van der Waals surface area (Å²) >= 11 is 1.51. The molecule has 2 rings (SSSR count). The number of hydrogen-bond acceptors (Lipinski definition) is 5. The van der Waals surface area contributed by atoms with Crippen LogP contribution in [0.4, 0.5) is 5.69 Å². The molecule has 1 unspecified atom stereocenters. The van der Waals surface area contributed by atoms with Gasteiger partial charge in [0, 0.05) is 25.4 Å². The van der Waals surface area contributed by atoms with Gasteiger partial charge in [0.25, 0.3) is 11.6 Å². The first-order chi connectivity index (χ1) is 10.9. The van der Waals surface area contributed by atoms with Crippen LogP contribution in [0.25, 0.3) is 0 Å². The molecule has 0 N–H and O–H groups in total. The average molecular weight is 331 g/mol. The lowest BCUT2D eigenvalue weighted by Gasteiger charge is -2.25. The van der Waals surface area contributed by atoms with Gasteiger partial charge in [-0.1, -0.05) is 12.1 Å². The van der Waals surface area contributed by atoms with Gasteiger partial charge in [0.1, 0.15) is 0 Å². The van der Waals surface area contributed by atoms with Crippen LogP contribution >= 0.6 is 11.8 Å². The van der Waals surface area contributed by atoms with E-state index in [2.05, 4.69) is 4.98 Å². The van der Waals surface area contributed by atoms with Crippen LogP contribution in [-0.2, 0) is 0 Å². The van der Waals surface area contributed by atoms with Crippen LogP contribution in [0.1, 0.15) is 28.9 Å². The molecule has 0 aliphatic carbocycles. The van der Waals surface area contributed by atoms with Crippen LogP contribution in [0.15, 0.2) is 47.6 Å². The number of amides is 1. The number of thioether (sulfide) groups is 1. The highest BCUT2D eigenvalue weighted by molar-refractivity contribution is 7.98. The Bertz CT molecular complexity index is 719. The van der Waals surface area contributed by atoms with Crippen LogP contribution in [0.5, 0.6) is 0 Å². The van der Waals surface area contributed by atoms with E-state index in [4.69, 9.17) is 0 Å². The minimum absolute atomic E-state index is 0.0150. The van der Waals surface area contributed by atoms with Crippen molar-refractivity contribution in [3.63, 3.8) is 0 Å². The highest BCUT2D eigenvalue weighted by Gasteiger charge is 2.20. The summed E-state index contributed by atoms with van der Waals surface area (Å²) in [6.07, 6.45) is 3.46. The number of benzene rings is 1. The molecule has 0 aliphatic heterocycles. The molecule has 7 heteroatoms. The quantitative estimate of drug-likeness (QED) is 0.476. The van der Waals surface area contributed by atoms with Gasteiger partial charge in [0.2, 0.25) is 0 Å². The number of nitrogens with zero attached hydrogens (tertiary/aromatic N) is 3. The van der Waals surface area contributed by atoms with E-state index < -0.39 is 4.92 Å². The Labute approximate surface area is 138 Å². The molecule has 0 saturated heterocycles. The summed E-state index contributed by atoms with van der Waals surface area (Å²) in [6.45, 7) is 1.83. The highest BCUT2D eigenvalue weighted by atomic mass is 32.2. The number of rotatable bonds is 5. The van der Waals surface area contributed by atoms with Gasteiger partial charge < -0.3 is 4.90 Å². The van der Waals surface area contributed by atoms with Gasteiger partial charge in [0.15, 0.2) is 0 Å². The van der Waals surface area contributed by atoms with Gasteiger partial charge in [-0.25, -0.2) is 4.98 Å². The van der Waals surface area contributed by atoms with Crippen LogP contribution in [0, 0.1) is 10.1 Å². The molecule has 120 valence electrons. The molecule has 1 aromatic heterocycles. The number of nitro groups is 1. The predicted octanol–water partition coefficient (Wildman–Crippen LogP) is 3.54. The van der Waals surface area contributed by atoms with E-state index in [0.29, 0.717) is 11.1 Å². The Morgan fingerprint density at radius 3 is 2.65 bits per heavy atom. The monoisotopic (exact) mass is 331 g/mol. The second-order valence-corrected chi connectivity index (χ2v) is 5.86. The highest BCUT2D eigenvalue weighted by Crippen LogP contribution is 2.24. The van der Waals surface area contributed by atoms with Gasteiger partial charge in [-0.05, 0) is 30.9 Å². The van der Waals surface area contributed by atoms with Gasteiger partial charge in [0.05, 0.1) is 21.6 Å². The fraction of sp³-hybridized carbons (Fsp3) is 0.250. The summed E-state index contributed by atoms with van der Waals surface area (Å²) in [5.41, 5.74) is 1.22. The first kappa shape index (κ1) is 17.0. The van der Waals surface area contributed by atoms with E-state index in [-0.39, 0.29) is 17.6 Å². The van der Waals surface area contributed by atoms with Crippen molar-refractivity contribution in [1.82, 2.24) is 9.88 Å². The molecule has 2 aromatic rings. The van der Waals surface area contributed by atoms with Gasteiger partial charge in [-0.15, -0.1) is 11.8 Å². The Morgan fingerprint density at radius 2 is 2.09 bits per heavy atom. The van der Waals surface area contributed by atoms with Crippen LogP contribution in [0.2, 0.25) is 0 Å². The van der Waals surface area contributed by atoms with E-state index >= 15 is 0 Å². The van der Waals surface area contributed by atoms with Crippen molar-refractivity contribution in [2.75, 3.05) is 13.3 Å². The van der Waals surface area contributed by atoms with Crippen LogP contribution in [0.3, 0.4) is 0 Å². The van der Waals surface area contributed by atoms with Crippen molar-refractivity contribution in [2.24, 2.45) is 0 Å². The number of pyridine rings is 1. The number of carbonyl (C=O) groups is 1. The molecule has 0 bridgehead atoms. The molecule has 1 atom stereocenters. The Balaban J connectivity index is 2.20. The molecule has 23 heavy (non-hydrogen) atoms. The average Bonchev–Trinajstić information content (AvgIpc) is 2.60. The summed E-state index contributed by atoms with van der Waals surface area (Å²) in [6, 6.07) is 9.56. The fourth-order valence-corrected chi connectivity index (χ4v) is 2.49. The summed E-state index contributed by atoms with van der Waals surface area (Å²) in [7, 11) is 1.67. The van der Waals surface area contributed by atoms with Gasteiger partial charge >= 0.3 is 0 Å². The summed E-state index contributed by atoms with van der Waals surface area (Å²) in [5.74, 6) is -0.177. The van der Waals surface area contributed by atoms with Crippen molar-refractivity contribution in [3.05, 3.63) is 63.8 Å². The van der Waals surface area contributed by atoms with Crippen molar-refractivity contribution < 1.29 is 9.72 Å². The minimum Gasteiger partial charge on any atom is -0.335 e. The molecule has 0 radical (unpaired) electrons. The Kier molecular flexibility index (Phi) is 5.33. The van der Waals surface area contributed by atoms with E-state index in [1.807, 2.05) is 13.2 Å². The molecule has 6 nitrogen and oxygen atoms in total. The first-order valence-corrected chi connectivity index (χ1v) is 8.18. The molecule has 1 amide bonds. The van der Waals surface area contributed by atoms with Crippen LogP contribution < -0.4 is 0 Å². The molecular formula is C16H17N3O3S. The zero-order valence-electron chi connectivity index (χ0n) is 13.1. The molecule has 0 fully saturated rings. The molecule has 0 aliphatic rings. The maximum atomic E-state index is 12.5. The smallest absolute Gasteiger partial charge is 0.269 e. The third-order valence-corrected chi connectivity index (χ3v) is 4.32. The maximum absolute atomic E-state index is 12.5. The summed E-state index contributed by atoms with van der Waals surface area (Å²) < 4.78 is 0. The largest absolute Gasteiger partial charge is 0.335 e. The zero-order chi connectivity index (χ0) is 17.0. The fourth-order valence-electron chi connectivity index (χ4n) is 2.13. The molecule has 0 saturated carbocycles. The summed E-state index contributed by atoms with van der Waals surface area (Å²) in [5, 5.41) is 11.7. The topological polar surface area (TPSA) is 76.3 Å². The second-order valence-electron chi connectivity index (χ2n) is 5.03. The normalized spacial score (nSPS) is 11.8. The van der Waals surface area contributed by atoms with Crippen molar-refractivity contribution in [3.8, 4) is 0 Å². The van der Waals surface area contributed by atoms with Gasteiger partial charge in [-0.3, -0.25) is 14.9 Å². The molecule has 0 spiro atoms. The second kappa shape index (κ2) is 7.23. The van der Waals surface area contributed by atoms with Gasteiger partial charge in [-0.2, -0.15) is 0 Å². The first-order valence-electron chi connectivity index (χ1n) is 6.95. The number of carbonyl (C=O) groups excluding carboxylic acids is 1. The lowest BCUT2D eigenvalue weighted by atomic mass is 10.1. The lowest BCUT2D eigenvalue weighted by molar-refractivity contribution is -0.384. The Morgan fingerprint density at radius 1 is 1.35 bits per heavy atom. The SMILES string of the molecule is CSc1ccc(C(=O)N(C)C(C)c2cccc([N+](=O)[O-])c2)cn1. The molecule has 1 heterocycles. The molecule has 1 aromatic carbocycles. The third kappa shape index (κ3) is 3.87. The predicted molar refractivity (Wildman–Crippen MR) is 89.6 cm³/mol. The standard InChI is InChI=1S/C16H17N3O3S/c1-11(12-5-4-6-14(9-12)19(21)22)18(2)16(20)13-7-8-15(23-3)17-10-13/h4-11H,1-3H3. The Hall–Kier alpha value is -2.41. The number of non-ortho nitro benzene ring substituents is 1. The van der Waals surface area contributed by atoms with E-state index in [0.717, 1.165) is 5.03 Å². The van der Waals surface area contributed by atoms with Crippen LogP contribution in [-0.4, -0.2) is 34.0 Å². The van der Waals surface area contributed by atoms with Crippen molar-refractivity contribution >= 4 is 23.4 Å². The van der Waals surface area contributed by atoms with Crippen molar-refractivity contribution in [2.45, 2.75) is 18.0 Å².